The highest BCUT2D eigenvalue weighted by Crippen LogP contribution is 2.19. The zero-order chi connectivity index (χ0) is 10.7. The van der Waals surface area contributed by atoms with Crippen LogP contribution in [0.3, 0.4) is 0 Å². The summed E-state index contributed by atoms with van der Waals surface area (Å²) < 4.78 is 0. The fraction of sp³-hybridized carbons (Fsp3) is 0. The van der Waals surface area contributed by atoms with Crippen LogP contribution >= 0.6 is 0 Å². The SMILES string of the molecule is C=C(O)c1ccc(-c2cccnc2)cc1. The van der Waals surface area contributed by atoms with E-state index in [9.17, 15) is 5.11 Å². The molecule has 0 unspecified atom stereocenters. The van der Waals surface area contributed by atoms with Crippen molar-refractivity contribution in [3.8, 4) is 11.1 Å². The maximum atomic E-state index is 9.18. The topological polar surface area (TPSA) is 33.1 Å². The molecule has 0 saturated carbocycles. The van der Waals surface area contributed by atoms with E-state index in [0.717, 1.165) is 16.7 Å². The van der Waals surface area contributed by atoms with Crippen molar-refractivity contribution < 1.29 is 5.11 Å². The summed E-state index contributed by atoms with van der Waals surface area (Å²) in [5.41, 5.74) is 2.88. The lowest BCUT2D eigenvalue weighted by Crippen LogP contribution is -1.82. The molecule has 2 nitrogen and oxygen atoms in total. The molecule has 0 radical (unpaired) electrons. The van der Waals surface area contributed by atoms with E-state index in [1.54, 1.807) is 6.20 Å². The van der Waals surface area contributed by atoms with Gasteiger partial charge in [0.05, 0.1) is 0 Å². The Morgan fingerprint density at radius 2 is 1.80 bits per heavy atom. The summed E-state index contributed by atoms with van der Waals surface area (Å²) in [6.45, 7) is 3.47. The van der Waals surface area contributed by atoms with Crippen LogP contribution in [0.4, 0.5) is 0 Å². The third-order valence-corrected chi connectivity index (χ3v) is 2.21. The average molecular weight is 197 g/mol. The van der Waals surface area contributed by atoms with E-state index >= 15 is 0 Å². The molecule has 0 saturated heterocycles. The minimum atomic E-state index is 0.0905. The number of pyridine rings is 1. The van der Waals surface area contributed by atoms with Crippen molar-refractivity contribution in [2.75, 3.05) is 0 Å². The first-order valence-electron chi connectivity index (χ1n) is 4.66. The molecule has 74 valence electrons. The van der Waals surface area contributed by atoms with E-state index in [2.05, 4.69) is 11.6 Å². The Morgan fingerprint density at radius 3 is 2.33 bits per heavy atom. The van der Waals surface area contributed by atoms with E-state index in [-0.39, 0.29) is 5.76 Å². The molecule has 2 aromatic rings. The molecule has 1 aromatic heterocycles. The second kappa shape index (κ2) is 3.96. The van der Waals surface area contributed by atoms with Gasteiger partial charge in [0.1, 0.15) is 5.76 Å². The Balaban J connectivity index is 2.36. The number of rotatable bonds is 2. The van der Waals surface area contributed by atoms with Gasteiger partial charge in [-0.25, -0.2) is 0 Å². The average Bonchev–Trinajstić information content (AvgIpc) is 2.30. The summed E-state index contributed by atoms with van der Waals surface area (Å²) in [4.78, 5) is 4.05. The zero-order valence-corrected chi connectivity index (χ0v) is 8.22. The third kappa shape index (κ3) is 2.05. The monoisotopic (exact) mass is 197 g/mol. The molecular formula is C13H11NO. The van der Waals surface area contributed by atoms with Gasteiger partial charge in [-0.1, -0.05) is 36.9 Å². The van der Waals surface area contributed by atoms with Crippen molar-refractivity contribution in [1.82, 2.24) is 4.98 Å². The first-order valence-corrected chi connectivity index (χ1v) is 4.66. The molecular weight excluding hydrogens is 186 g/mol. The molecule has 2 rings (SSSR count). The van der Waals surface area contributed by atoms with Crippen LogP contribution < -0.4 is 0 Å². The number of hydrogen-bond acceptors (Lipinski definition) is 2. The van der Waals surface area contributed by atoms with Crippen LogP contribution in [-0.4, -0.2) is 10.1 Å². The van der Waals surface area contributed by atoms with E-state index in [1.165, 1.54) is 0 Å². The molecule has 1 heterocycles. The normalized spacial score (nSPS) is 9.87. The fourth-order valence-electron chi connectivity index (χ4n) is 1.39. The predicted octanol–water partition coefficient (Wildman–Crippen LogP) is 3.28. The Hall–Kier alpha value is -2.09. The second-order valence-electron chi connectivity index (χ2n) is 3.27. The van der Waals surface area contributed by atoms with Crippen LogP contribution in [0.15, 0.2) is 55.4 Å². The number of aromatic nitrogens is 1. The van der Waals surface area contributed by atoms with Gasteiger partial charge in [-0.05, 0) is 17.2 Å². The van der Waals surface area contributed by atoms with E-state index in [0.29, 0.717) is 0 Å². The summed E-state index contributed by atoms with van der Waals surface area (Å²) in [6.07, 6.45) is 3.55. The van der Waals surface area contributed by atoms with Gasteiger partial charge >= 0.3 is 0 Å². The lowest BCUT2D eigenvalue weighted by Gasteiger charge is -2.02. The molecule has 0 aliphatic rings. The molecule has 1 N–H and O–H groups in total. The van der Waals surface area contributed by atoms with Crippen molar-refractivity contribution in [2.24, 2.45) is 0 Å². The summed E-state index contributed by atoms with van der Waals surface area (Å²) >= 11 is 0. The molecule has 1 aromatic carbocycles. The van der Waals surface area contributed by atoms with Gasteiger partial charge in [0.25, 0.3) is 0 Å². The molecule has 0 atom stereocenters. The molecule has 2 heteroatoms. The van der Waals surface area contributed by atoms with Crippen LogP contribution in [0.2, 0.25) is 0 Å². The second-order valence-corrected chi connectivity index (χ2v) is 3.27. The number of benzene rings is 1. The van der Waals surface area contributed by atoms with Crippen molar-refractivity contribution >= 4 is 5.76 Å². The Bertz CT molecular complexity index is 460. The van der Waals surface area contributed by atoms with Gasteiger partial charge in [-0.2, -0.15) is 0 Å². The first-order chi connectivity index (χ1) is 7.27. The van der Waals surface area contributed by atoms with Gasteiger partial charge in [-0.15, -0.1) is 0 Å². The maximum absolute atomic E-state index is 9.18. The van der Waals surface area contributed by atoms with Crippen LogP contribution in [0.1, 0.15) is 5.56 Å². The van der Waals surface area contributed by atoms with Gasteiger partial charge in [0.15, 0.2) is 0 Å². The number of aliphatic hydroxyl groups excluding tert-OH is 1. The van der Waals surface area contributed by atoms with Crippen molar-refractivity contribution in [3.05, 3.63) is 60.9 Å². The van der Waals surface area contributed by atoms with Crippen LogP contribution in [0.5, 0.6) is 0 Å². The van der Waals surface area contributed by atoms with Crippen molar-refractivity contribution in [1.29, 1.82) is 0 Å². The van der Waals surface area contributed by atoms with Crippen molar-refractivity contribution in [2.45, 2.75) is 0 Å². The zero-order valence-electron chi connectivity index (χ0n) is 8.22. The predicted molar refractivity (Wildman–Crippen MR) is 61.3 cm³/mol. The van der Waals surface area contributed by atoms with Gasteiger partial charge in [0.2, 0.25) is 0 Å². The Labute approximate surface area is 88.5 Å². The van der Waals surface area contributed by atoms with Crippen LogP contribution in [-0.2, 0) is 0 Å². The molecule has 0 amide bonds. The summed E-state index contributed by atoms with van der Waals surface area (Å²) in [5.74, 6) is 0.0905. The highest BCUT2D eigenvalue weighted by atomic mass is 16.3. The summed E-state index contributed by atoms with van der Waals surface area (Å²) in [6, 6.07) is 11.4. The molecule has 0 aliphatic heterocycles. The van der Waals surface area contributed by atoms with Gasteiger partial charge < -0.3 is 5.11 Å². The molecule has 0 aliphatic carbocycles. The molecule has 15 heavy (non-hydrogen) atoms. The van der Waals surface area contributed by atoms with E-state index in [1.807, 2.05) is 42.6 Å². The van der Waals surface area contributed by atoms with Gasteiger partial charge in [0, 0.05) is 18.0 Å². The molecule has 0 fully saturated rings. The minimum Gasteiger partial charge on any atom is -0.508 e. The highest BCUT2D eigenvalue weighted by molar-refractivity contribution is 5.66. The van der Waals surface area contributed by atoms with Crippen LogP contribution in [0.25, 0.3) is 16.9 Å². The summed E-state index contributed by atoms with van der Waals surface area (Å²) in [5, 5.41) is 9.18. The standard InChI is InChI=1S/C13H11NO/c1-10(15)11-4-6-12(7-5-11)13-3-2-8-14-9-13/h2-9,15H,1H2. The number of aliphatic hydroxyl groups is 1. The largest absolute Gasteiger partial charge is 0.508 e. The lowest BCUT2D eigenvalue weighted by atomic mass is 10.1. The Kier molecular flexibility index (Phi) is 2.50. The minimum absolute atomic E-state index is 0.0905. The Morgan fingerprint density at radius 1 is 1.07 bits per heavy atom. The molecule has 0 bridgehead atoms. The third-order valence-electron chi connectivity index (χ3n) is 2.21. The number of nitrogens with zero attached hydrogens (tertiary/aromatic N) is 1. The maximum Gasteiger partial charge on any atom is 0.115 e. The first kappa shape index (κ1) is 9.46. The van der Waals surface area contributed by atoms with E-state index in [4.69, 9.17) is 0 Å². The van der Waals surface area contributed by atoms with Gasteiger partial charge in [-0.3, -0.25) is 4.98 Å². The molecule has 0 spiro atoms. The van der Waals surface area contributed by atoms with E-state index < -0.39 is 0 Å². The quantitative estimate of drug-likeness (QED) is 0.749. The smallest absolute Gasteiger partial charge is 0.115 e. The summed E-state index contributed by atoms with van der Waals surface area (Å²) in [7, 11) is 0. The highest BCUT2D eigenvalue weighted by Gasteiger charge is 1.98. The fourth-order valence-corrected chi connectivity index (χ4v) is 1.39. The lowest BCUT2D eigenvalue weighted by molar-refractivity contribution is 0.514. The number of hydrogen-bond donors (Lipinski definition) is 1. The van der Waals surface area contributed by atoms with Crippen molar-refractivity contribution in [3.63, 3.8) is 0 Å². The van der Waals surface area contributed by atoms with Crippen LogP contribution in [0, 0.1) is 0 Å².